The lowest BCUT2D eigenvalue weighted by molar-refractivity contribution is 0.563. The smallest absolute Gasteiger partial charge is 0.165 e. The molecule has 0 spiro atoms. The fourth-order valence-corrected chi connectivity index (χ4v) is 1.90. The molecule has 1 atom stereocenters. The molecular formula is C9H19N5OS. The van der Waals surface area contributed by atoms with Crippen LogP contribution in [0.15, 0.2) is 0 Å². The van der Waals surface area contributed by atoms with E-state index in [2.05, 4.69) is 27.8 Å². The van der Waals surface area contributed by atoms with Crippen molar-refractivity contribution in [2.24, 2.45) is 0 Å². The van der Waals surface area contributed by atoms with Crippen LogP contribution in [-0.4, -0.2) is 42.5 Å². The molecule has 0 saturated heterocycles. The van der Waals surface area contributed by atoms with Crippen LogP contribution in [0.5, 0.6) is 0 Å². The summed E-state index contributed by atoms with van der Waals surface area (Å²) in [5.74, 6) is 2.11. The van der Waals surface area contributed by atoms with Crippen molar-refractivity contribution in [2.75, 3.05) is 18.1 Å². The van der Waals surface area contributed by atoms with Crippen molar-refractivity contribution in [2.45, 2.75) is 33.4 Å². The minimum atomic E-state index is -0.764. The van der Waals surface area contributed by atoms with E-state index in [1.54, 1.807) is 4.68 Å². The van der Waals surface area contributed by atoms with Crippen LogP contribution in [0.4, 0.5) is 0 Å². The van der Waals surface area contributed by atoms with Gasteiger partial charge in [0.2, 0.25) is 0 Å². The third kappa shape index (κ3) is 4.36. The fourth-order valence-electron chi connectivity index (χ4n) is 1.23. The van der Waals surface area contributed by atoms with Gasteiger partial charge in [0, 0.05) is 22.3 Å². The lowest BCUT2D eigenvalue weighted by Gasteiger charge is -2.04. The lowest BCUT2D eigenvalue weighted by atomic mass is 10.4. The van der Waals surface area contributed by atoms with Gasteiger partial charge >= 0.3 is 0 Å². The van der Waals surface area contributed by atoms with Crippen LogP contribution >= 0.6 is 0 Å². The molecule has 1 aromatic heterocycles. The molecule has 0 aliphatic heterocycles. The Morgan fingerprint density at radius 1 is 1.44 bits per heavy atom. The van der Waals surface area contributed by atoms with Crippen molar-refractivity contribution in [1.82, 2.24) is 25.5 Å². The molecule has 0 bridgehead atoms. The van der Waals surface area contributed by atoms with Crippen LogP contribution in [0.2, 0.25) is 0 Å². The van der Waals surface area contributed by atoms with Gasteiger partial charge in [-0.3, -0.25) is 4.21 Å². The van der Waals surface area contributed by atoms with Crippen LogP contribution in [0.3, 0.4) is 0 Å². The van der Waals surface area contributed by atoms with E-state index in [-0.39, 0.29) is 0 Å². The molecule has 6 nitrogen and oxygen atoms in total. The Kier molecular flexibility index (Phi) is 6.17. The normalized spacial score (nSPS) is 12.9. The summed E-state index contributed by atoms with van der Waals surface area (Å²) in [7, 11) is -0.764. The molecule has 1 aromatic rings. The first-order valence-corrected chi connectivity index (χ1v) is 7.07. The van der Waals surface area contributed by atoms with Crippen LogP contribution in [0.1, 0.15) is 26.1 Å². The predicted molar refractivity (Wildman–Crippen MR) is 63.4 cm³/mol. The quantitative estimate of drug-likeness (QED) is 0.650. The highest BCUT2D eigenvalue weighted by atomic mass is 32.2. The Hall–Kier alpha value is -0.820. The Morgan fingerprint density at radius 2 is 2.25 bits per heavy atom. The van der Waals surface area contributed by atoms with Gasteiger partial charge < -0.3 is 5.32 Å². The zero-order valence-corrected chi connectivity index (χ0v) is 10.7. The maximum atomic E-state index is 11.3. The van der Waals surface area contributed by atoms with Gasteiger partial charge in [-0.1, -0.05) is 13.8 Å². The van der Waals surface area contributed by atoms with Gasteiger partial charge in [0.15, 0.2) is 5.82 Å². The van der Waals surface area contributed by atoms with Crippen molar-refractivity contribution >= 4 is 10.8 Å². The molecular weight excluding hydrogens is 226 g/mol. The molecule has 1 N–H and O–H groups in total. The molecule has 0 aromatic carbocycles. The number of hydrogen-bond donors (Lipinski definition) is 1. The largest absolute Gasteiger partial charge is 0.310 e. The first-order valence-electron chi connectivity index (χ1n) is 5.58. The monoisotopic (exact) mass is 245 g/mol. The zero-order valence-electron chi connectivity index (χ0n) is 9.85. The van der Waals surface area contributed by atoms with Gasteiger partial charge in [0.1, 0.15) is 0 Å². The second-order valence-corrected chi connectivity index (χ2v) is 5.29. The van der Waals surface area contributed by atoms with Gasteiger partial charge in [-0.25, -0.2) is 4.68 Å². The van der Waals surface area contributed by atoms with Crippen LogP contribution in [-0.2, 0) is 23.9 Å². The molecule has 0 aliphatic rings. The number of rotatable bonds is 8. The topological polar surface area (TPSA) is 72.7 Å². The van der Waals surface area contributed by atoms with E-state index in [1.807, 2.05) is 6.92 Å². The number of nitrogens with one attached hydrogen (secondary N) is 1. The molecule has 7 heteroatoms. The molecule has 1 rings (SSSR count). The average Bonchev–Trinajstić information content (AvgIpc) is 2.74. The molecule has 0 aliphatic carbocycles. The predicted octanol–water partition coefficient (Wildman–Crippen LogP) is -0.0587. The van der Waals surface area contributed by atoms with Gasteiger partial charge in [-0.05, 0) is 23.4 Å². The van der Waals surface area contributed by atoms with E-state index in [0.717, 1.165) is 18.8 Å². The molecule has 1 heterocycles. The first kappa shape index (κ1) is 13.2. The van der Waals surface area contributed by atoms with E-state index in [4.69, 9.17) is 0 Å². The second-order valence-electron chi connectivity index (χ2n) is 3.43. The second kappa shape index (κ2) is 7.45. The molecule has 16 heavy (non-hydrogen) atoms. The minimum absolute atomic E-state index is 0.613. The molecule has 0 fully saturated rings. The molecule has 0 radical (unpaired) electrons. The number of aryl methyl sites for hydroxylation is 1. The third-order valence-corrected chi connectivity index (χ3v) is 3.45. The van der Waals surface area contributed by atoms with Crippen molar-refractivity contribution in [1.29, 1.82) is 0 Å². The highest BCUT2D eigenvalue weighted by Gasteiger charge is 2.06. The highest BCUT2D eigenvalue weighted by molar-refractivity contribution is 7.84. The summed E-state index contributed by atoms with van der Waals surface area (Å²) >= 11 is 0. The summed E-state index contributed by atoms with van der Waals surface area (Å²) in [4.78, 5) is 0. The number of hydrogen-bond acceptors (Lipinski definition) is 5. The summed E-state index contributed by atoms with van der Waals surface area (Å²) in [5, 5.41) is 14.7. The van der Waals surface area contributed by atoms with E-state index >= 15 is 0 Å². The van der Waals surface area contributed by atoms with Gasteiger partial charge in [-0.15, -0.1) is 5.10 Å². The number of tetrazole rings is 1. The van der Waals surface area contributed by atoms with E-state index in [1.165, 1.54) is 0 Å². The van der Waals surface area contributed by atoms with Crippen LogP contribution < -0.4 is 5.32 Å². The van der Waals surface area contributed by atoms with Crippen molar-refractivity contribution in [3.05, 3.63) is 5.82 Å². The SMILES string of the molecule is CCCNCc1nnnn1CCS(=O)CC. The van der Waals surface area contributed by atoms with E-state index in [9.17, 15) is 4.21 Å². The number of aromatic nitrogens is 4. The maximum Gasteiger partial charge on any atom is 0.165 e. The van der Waals surface area contributed by atoms with Crippen molar-refractivity contribution in [3.8, 4) is 0 Å². The highest BCUT2D eigenvalue weighted by Crippen LogP contribution is 1.93. The lowest BCUT2D eigenvalue weighted by Crippen LogP contribution is -2.20. The summed E-state index contributed by atoms with van der Waals surface area (Å²) < 4.78 is 13.0. The summed E-state index contributed by atoms with van der Waals surface area (Å²) in [6, 6.07) is 0. The Labute approximate surface area is 98.3 Å². The first-order chi connectivity index (χ1) is 7.77. The Morgan fingerprint density at radius 3 is 2.94 bits per heavy atom. The molecule has 0 amide bonds. The zero-order chi connectivity index (χ0) is 11.8. The van der Waals surface area contributed by atoms with Crippen LogP contribution in [0, 0.1) is 0 Å². The number of nitrogens with zero attached hydrogens (tertiary/aromatic N) is 4. The van der Waals surface area contributed by atoms with Gasteiger partial charge in [-0.2, -0.15) is 0 Å². The molecule has 0 saturated carbocycles. The van der Waals surface area contributed by atoms with Crippen molar-refractivity contribution < 1.29 is 4.21 Å². The Balaban J connectivity index is 2.40. The third-order valence-electron chi connectivity index (χ3n) is 2.17. The van der Waals surface area contributed by atoms with E-state index < -0.39 is 10.8 Å². The van der Waals surface area contributed by atoms with Gasteiger partial charge in [0.25, 0.3) is 0 Å². The summed E-state index contributed by atoms with van der Waals surface area (Å²) in [6.45, 7) is 6.27. The summed E-state index contributed by atoms with van der Waals surface area (Å²) in [5.41, 5.74) is 0. The average molecular weight is 245 g/mol. The van der Waals surface area contributed by atoms with Crippen LogP contribution in [0.25, 0.3) is 0 Å². The standard InChI is InChI=1S/C9H19N5OS/c1-3-5-10-8-9-11-12-13-14(9)6-7-16(15)4-2/h10H,3-8H2,1-2H3. The Bertz CT molecular complexity index is 327. The minimum Gasteiger partial charge on any atom is -0.310 e. The van der Waals surface area contributed by atoms with E-state index in [0.29, 0.717) is 24.6 Å². The van der Waals surface area contributed by atoms with Gasteiger partial charge in [0.05, 0.1) is 13.1 Å². The van der Waals surface area contributed by atoms with Crippen molar-refractivity contribution in [3.63, 3.8) is 0 Å². The summed E-state index contributed by atoms with van der Waals surface area (Å²) in [6.07, 6.45) is 1.08. The maximum absolute atomic E-state index is 11.3. The molecule has 1 unspecified atom stereocenters. The fraction of sp³-hybridized carbons (Fsp3) is 0.889. The molecule has 92 valence electrons.